The highest BCUT2D eigenvalue weighted by molar-refractivity contribution is 5.85. The average Bonchev–Trinajstić information content (AvgIpc) is 3.08. The molecule has 1 aliphatic rings. The highest BCUT2D eigenvalue weighted by Gasteiger charge is 2.46. The van der Waals surface area contributed by atoms with Gasteiger partial charge in [0.25, 0.3) is 0 Å². The van der Waals surface area contributed by atoms with Crippen molar-refractivity contribution in [1.82, 2.24) is 4.90 Å². The maximum Gasteiger partial charge on any atom is 0.416 e. The Bertz CT molecular complexity index is 952. The first-order valence-corrected chi connectivity index (χ1v) is 10.5. The minimum absolute atomic E-state index is 0.134. The van der Waals surface area contributed by atoms with E-state index >= 15 is 0 Å². The van der Waals surface area contributed by atoms with Crippen molar-refractivity contribution in [2.45, 2.75) is 32.0 Å². The molecule has 0 spiro atoms. The molecule has 0 saturated carbocycles. The lowest BCUT2D eigenvalue weighted by atomic mass is 9.77. The fraction of sp³-hybridized carbons (Fsp3) is 0.458. The number of benzene rings is 2. The van der Waals surface area contributed by atoms with Gasteiger partial charge in [-0.15, -0.1) is 0 Å². The second kappa shape index (κ2) is 9.91. The summed E-state index contributed by atoms with van der Waals surface area (Å²) in [5.41, 5.74) is -0.189. The minimum Gasteiger partial charge on any atom is -0.493 e. The van der Waals surface area contributed by atoms with E-state index in [0.717, 1.165) is 17.7 Å². The van der Waals surface area contributed by atoms with Crippen LogP contribution in [0.4, 0.5) is 13.2 Å². The number of alkyl halides is 3. The standard InChI is InChI=1S/C24H28F3NO5/c1-31-19-12-17(13-20(32-2)21(19)33-3)15-28-10-8-23(9-11-29,22(28)30)14-16-4-6-18(7-5-16)24(25,26)27/h4-7,12-13,29H,8-11,14-15H2,1-3H3. The third-order valence-corrected chi connectivity index (χ3v) is 6.11. The maximum absolute atomic E-state index is 13.4. The van der Waals surface area contributed by atoms with E-state index in [0.29, 0.717) is 42.3 Å². The molecular weight excluding hydrogens is 439 g/mol. The average molecular weight is 467 g/mol. The van der Waals surface area contributed by atoms with Crippen LogP contribution < -0.4 is 14.2 Å². The van der Waals surface area contributed by atoms with Crippen LogP contribution in [0.5, 0.6) is 17.2 Å². The van der Waals surface area contributed by atoms with E-state index in [-0.39, 0.29) is 25.4 Å². The van der Waals surface area contributed by atoms with Crippen molar-refractivity contribution >= 4 is 5.91 Å². The molecule has 1 amide bonds. The lowest BCUT2D eigenvalue weighted by Gasteiger charge is -2.28. The molecule has 2 aromatic rings. The minimum atomic E-state index is -4.41. The number of aliphatic hydroxyl groups is 1. The molecule has 1 heterocycles. The van der Waals surface area contributed by atoms with Gasteiger partial charge in [0.1, 0.15) is 0 Å². The summed E-state index contributed by atoms with van der Waals surface area (Å²) in [6, 6.07) is 8.39. The van der Waals surface area contributed by atoms with E-state index in [1.165, 1.54) is 33.5 Å². The molecule has 33 heavy (non-hydrogen) atoms. The number of hydrogen-bond donors (Lipinski definition) is 1. The monoisotopic (exact) mass is 467 g/mol. The first-order valence-electron chi connectivity index (χ1n) is 10.5. The Morgan fingerprint density at radius 2 is 1.61 bits per heavy atom. The van der Waals surface area contributed by atoms with Gasteiger partial charge in [0.15, 0.2) is 11.5 Å². The Morgan fingerprint density at radius 3 is 2.09 bits per heavy atom. The fourth-order valence-electron chi connectivity index (χ4n) is 4.39. The van der Waals surface area contributed by atoms with Gasteiger partial charge in [-0.1, -0.05) is 12.1 Å². The van der Waals surface area contributed by atoms with E-state index in [1.54, 1.807) is 17.0 Å². The zero-order valence-corrected chi connectivity index (χ0v) is 18.9. The number of likely N-dealkylation sites (tertiary alicyclic amines) is 1. The smallest absolute Gasteiger partial charge is 0.416 e. The van der Waals surface area contributed by atoms with Gasteiger partial charge in [-0.2, -0.15) is 13.2 Å². The van der Waals surface area contributed by atoms with E-state index < -0.39 is 17.2 Å². The van der Waals surface area contributed by atoms with Crippen molar-refractivity contribution in [3.05, 3.63) is 53.1 Å². The van der Waals surface area contributed by atoms with E-state index in [9.17, 15) is 23.1 Å². The molecule has 1 fully saturated rings. The summed E-state index contributed by atoms with van der Waals surface area (Å²) in [5, 5.41) is 9.64. The Kier molecular flexibility index (Phi) is 7.41. The van der Waals surface area contributed by atoms with E-state index in [2.05, 4.69) is 0 Å². The third kappa shape index (κ3) is 5.19. The van der Waals surface area contributed by atoms with Crippen molar-refractivity contribution in [3.8, 4) is 17.2 Å². The molecule has 9 heteroatoms. The first kappa shape index (κ1) is 24.7. The van der Waals surface area contributed by atoms with Gasteiger partial charge < -0.3 is 24.2 Å². The summed E-state index contributed by atoms with van der Waals surface area (Å²) in [6.45, 7) is 0.580. The molecule has 180 valence electrons. The summed E-state index contributed by atoms with van der Waals surface area (Å²) in [5.74, 6) is 1.27. The van der Waals surface area contributed by atoms with Gasteiger partial charge in [-0.25, -0.2) is 0 Å². The third-order valence-electron chi connectivity index (χ3n) is 6.11. The molecule has 1 aliphatic heterocycles. The predicted molar refractivity (Wildman–Crippen MR) is 115 cm³/mol. The van der Waals surface area contributed by atoms with Gasteiger partial charge in [0.05, 0.1) is 32.3 Å². The Morgan fingerprint density at radius 1 is 1.00 bits per heavy atom. The Hall–Kier alpha value is -2.94. The van der Waals surface area contributed by atoms with Crippen molar-refractivity contribution in [2.24, 2.45) is 5.41 Å². The van der Waals surface area contributed by atoms with Gasteiger partial charge in [-0.3, -0.25) is 4.79 Å². The molecule has 6 nitrogen and oxygen atoms in total. The molecule has 2 aromatic carbocycles. The number of carbonyl (C=O) groups is 1. The zero-order chi connectivity index (χ0) is 24.2. The van der Waals surface area contributed by atoms with Crippen molar-refractivity contribution < 1.29 is 37.3 Å². The van der Waals surface area contributed by atoms with Crippen LogP contribution in [0.3, 0.4) is 0 Å². The molecule has 0 aromatic heterocycles. The van der Waals surface area contributed by atoms with Gasteiger partial charge in [0, 0.05) is 19.7 Å². The van der Waals surface area contributed by atoms with Gasteiger partial charge in [0.2, 0.25) is 11.7 Å². The van der Waals surface area contributed by atoms with Crippen LogP contribution in [0, 0.1) is 5.41 Å². The number of ether oxygens (including phenoxy) is 3. The van der Waals surface area contributed by atoms with Crippen LogP contribution in [0.2, 0.25) is 0 Å². The number of rotatable bonds is 9. The van der Waals surface area contributed by atoms with Gasteiger partial charge >= 0.3 is 6.18 Å². The highest BCUT2D eigenvalue weighted by Crippen LogP contribution is 2.42. The largest absolute Gasteiger partial charge is 0.493 e. The topological polar surface area (TPSA) is 68.2 Å². The van der Waals surface area contributed by atoms with Crippen molar-refractivity contribution in [2.75, 3.05) is 34.5 Å². The van der Waals surface area contributed by atoms with Crippen LogP contribution in [-0.2, 0) is 23.9 Å². The van der Waals surface area contributed by atoms with Crippen LogP contribution in [0.15, 0.2) is 36.4 Å². The van der Waals surface area contributed by atoms with Crippen LogP contribution >= 0.6 is 0 Å². The molecular formula is C24H28F3NO5. The number of halogens is 3. The molecule has 0 bridgehead atoms. The molecule has 3 rings (SSSR count). The Balaban J connectivity index is 1.82. The number of methoxy groups -OCH3 is 3. The predicted octanol–water partition coefficient (Wildman–Crippen LogP) is 4.08. The van der Waals surface area contributed by atoms with Crippen LogP contribution in [0.25, 0.3) is 0 Å². The first-order chi connectivity index (χ1) is 15.7. The van der Waals surface area contributed by atoms with Crippen LogP contribution in [-0.4, -0.2) is 50.4 Å². The summed E-state index contributed by atoms with van der Waals surface area (Å²) in [6.07, 6.45) is -3.42. The number of carbonyl (C=O) groups excluding carboxylic acids is 1. The maximum atomic E-state index is 13.4. The summed E-state index contributed by atoms with van der Waals surface area (Å²) in [7, 11) is 4.53. The summed E-state index contributed by atoms with van der Waals surface area (Å²) >= 11 is 0. The zero-order valence-electron chi connectivity index (χ0n) is 18.9. The summed E-state index contributed by atoms with van der Waals surface area (Å²) < 4.78 is 54.7. The highest BCUT2D eigenvalue weighted by atomic mass is 19.4. The lowest BCUT2D eigenvalue weighted by Crippen LogP contribution is -2.36. The summed E-state index contributed by atoms with van der Waals surface area (Å²) in [4.78, 5) is 15.1. The normalized spacial score (nSPS) is 18.5. The number of hydrogen-bond acceptors (Lipinski definition) is 5. The van der Waals surface area contributed by atoms with E-state index in [4.69, 9.17) is 14.2 Å². The second-order valence-electron chi connectivity index (χ2n) is 8.14. The quantitative estimate of drug-likeness (QED) is 0.602. The van der Waals surface area contributed by atoms with E-state index in [1.807, 2.05) is 0 Å². The Labute approximate surface area is 190 Å². The number of nitrogens with zero attached hydrogens (tertiary/aromatic N) is 1. The van der Waals surface area contributed by atoms with Crippen molar-refractivity contribution in [3.63, 3.8) is 0 Å². The fourth-order valence-corrected chi connectivity index (χ4v) is 4.39. The van der Waals surface area contributed by atoms with Gasteiger partial charge in [-0.05, 0) is 54.7 Å². The molecule has 1 atom stereocenters. The SMILES string of the molecule is COc1cc(CN2CCC(CCO)(Cc3ccc(C(F)(F)F)cc3)C2=O)cc(OC)c1OC. The molecule has 1 saturated heterocycles. The molecule has 1 N–H and O–H groups in total. The van der Waals surface area contributed by atoms with Crippen molar-refractivity contribution in [1.29, 1.82) is 0 Å². The second-order valence-corrected chi connectivity index (χ2v) is 8.14. The lowest BCUT2D eigenvalue weighted by molar-refractivity contribution is -0.138. The molecule has 1 unspecified atom stereocenters. The van der Waals surface area contributed by atoms with Crippen LogP contribution in [0.1, 0.15) is 29.5 Å². The number of amides is 1. The number of aliphatic hydroxyl groups excluding tert-OH is 1. The molecule has 0 radical (unpaired) electrons. The molecule has 0 aliphatic carbocycles.